The molecule has 0 aliphatic heterocycles. The Balaban J connectivity index is 4.38. The number of allylic oxidation sites excluding steroid dienone is 1. The first-order valence-corrected chi connectivity index (χ1v) is 3.90. The molecule has 64 valence electrons. The second kappa shape index (κ2) is 5.50. The van der Waals surface area contributed by atoms with Gasteiger partial charge in [0.2, 0.25) is 5.05 Å². The van der Waals surface area contributed by atoms with E-state index in [0.717, 1.165) is 5.57 Å². The second-order valence-corrected chi connectivity index (χ2v) is 2.74. The van der Waals surface area contributed by atoms with Crippen LogP contribution in [0.15, 0.2) is 23.8 Å². The van der Waals surface area contributed by atoms with E-state index in [-0.39, 0.29) is 5.05 Å². The number of thiocarbonyl (C=S) groups is 1. The highest BCUT2D eigenvalue weighted by Gasteiger charge is 2.05. The maximum atomic E-state index is 8.66. The average molecular weight is 181 g/mol. The van der Waals surface area contributed by atoms with Crippen molar-refractivity contribution in [2.75, 3.05) is 6.61 Å². The number of rotatable bonds is 3. The van der Waals surface area contributed by atoms with Crippen LogP contribution in [0.3, 0.4) is 0 Å². The highest BCUT2D eigenvalue weighted by atomic mass is 32.1. The fraction of sp³-hybridized carbons (Fsp3) is 0.333. The third kappa shape index (κ3) is 3.31. The molecule has 0 atom stereocenters. The van der Waals surface area contributed by atoms with Crippen molar-refractivity contribution in [3.63, 3.8) is 0 Å². The summed E-state index contributed by atoms with van der Waals surface area (Å²) in [5.74, 6) is 0. The predicted molar refractivity (Wildman–Crippen MR) is 52.7 cm³/mol. The first-order valence-electron chi connectivity index (χ1n) is 3.49. The normalized spacial score (nSPS) is 8.08. The summed E-state index contributed by atoms with van der Waals surface area (Å²) in [5.41, 5.74) is 1.30. The quantitative estimate of drug-likeness (QED) is 0.290. The monoisotopic (exact) mass is 181 g/mol. The summed E-state index contributed by atoms with van der Waals surface area (Å²) in [6.07, 6.45) is 1.59. The number of ether oxygens (including phenoxy) is 1. The largest absolute Gasteiger partial charge is 0.478 e. The molecule has 2 nitrogen and oxygen atoms in total. The van der Waals surface area contributed by atoms with E-state index < -0.39 is 0 Å². The van der Waals surface area contributed by atoms with Crippen molar-refractivity contribution in [2.24, 2.45) is 0 Å². The molecule has 0 bridgehead atoms. The topological polar surface area (TPSA) is 33.0 Å². The van der Waals surface area contributed by atoms with Crippen molar-refractivity contribution < 1.29 is 4.74 Å². The summed E-state index contributed by atoms with van der Waals surface area (Å²) in [6, 6.07) is 1.99. The van der Waals surface area contributed by atoms with Gasteiger partial charge in [-0.2, -0.15) is 5.26 Å². The molecule has 0 aliphatic carbocycles. The van der Waals surface area contributed by atoms with Gasteiger partial charge in [-0.05, 0) is 26.1 Å². The van der Waals surface area contributed by atoms with E-state index in [1.165, 1.54) is 0 Å². The second-order valence-electron chi connectivity index (χ2n) is 2.37. The van der Waals surface area contributed by atoms with Crippen LogP contribution in [-0.2, 0) is 4.74 Å². The molecule has 0 rings (SSSR count). The lowest BCUT2D eigenvalue weighted by molar-refractivity contribution is 0.361. The first-order chi connectivity index (χ1) is 5.63. The van der Waals surface area contributed by atoms with E-state index in [4.69, 9.17) is 22.2 Å². The lowest BCUT2D eigenvalue weighted by atomic mass is 10.2. The number of hydrogen-bond donors (Lipinski definition) is 0. The highest BCUT2D eigenvalue weighted by molar-refractivity contribution is 7.80. The van der Waals surface area contributed by atoms with Crippen molar-refractivity contribution in [3.05, 3.63) is 23.8 Å². The van der Waals surface area contributed by atoms with Crippen LogP contribution in [0, 0.1) is 11.3 Å². The fourth-order valence-electron chi connectivity index (χ4n) is 0.568. The molecule has 0 radical (unpaired) electrons. The predicted octanol–water partition coefficient (Wildman–Crippen LogP) is 2.38. The van der Waals surface area contributed by atoms with E-state index in [9.17, 15) is 0 Å². The lowest BCUT2D eigenvalue weighted by Gasteiger charge is -2.03. The molecule has 0 heterocycles. The molecule has 12 heavy (non-hydrogen) atoms. The first kappa shape index (κ1) is 10.9. The van der Waals surface area contributed by atoms with Gasteiger partial charge in [0.15, 0.2) is 0 Å². The number of nitrogens with zero attached hydrogens (tertiary/aromatic N) is 1. The maximum Gasteiger partial charge on any atom is 0.202 e. The smallest absolute Gasteiger partial charge is 0.202 e. The molecule has 0 fully saturated rings. The summed E-state index contributed by atoms with van der Waals surface area (Å²) >= 11 is 4.87. The molecular weight excluding hydrogens is 170 g/mol. The lowest BCUT2D eigenvalue weighted by Crippen LogP contribution is -2.05. The summed E-state index contributed by atoms with van der Waals surface area (Å²) in [6.45, 7) is 7.47. The molecule has 3 heteroatoms. The molecule has 0 aliphatic rings. The van der Waals surface area contributed by atoms with E-state index in [1.807, 2.05) is 19.9 Å². The minimum atomic E-state index is 0.248. The minimum absolute atomic E-state index is 0.248. The zero-order valence-corrected chi connectivity index (χ0v) is 8.07. The van der Waals surface area contributed by atoms with Crippen LogP contribution >= 0.6 is 12.2 Å². The van der Waals surface area contributed by atoms with E-state index in [0.29, 0.717) is 12.2 Å². The summed E-state index contributed by atoms with van der Waals surface area (Å²) in [7, 11) is 0. The van der Waals surface area contributed by atoms with Crippen LogP contribution in [0.25, 0.3) is 0 Å². The van der Waals surface area contributed by atoms with E-state index >= 15 is 0 Å². The summed E-state index contributed by atoms with van der Waals surface area (Å²) in [4.78, 5) is 0. The van der Waals surface area contributed by atoms with Crippen molar-refractivity contribution in [2.45, 2.75) is 13.8 Å². The summed E-state index contributed by atoms with van der Waals surface area (Å²) < 4.78 is 5.04. The van der Waals surface area contributed by atoms with Gasteiger partial charge in [0, 0.05) is 0 Å². The Kier molecular flexibility index (Phi) is 4.98. The van der Waals surface area contributed by atoms with Crippen LogP contribution in [0.1, 0.15) is 13.8 Å². The van der Waals surface area contributed by atoms with Crippen molar-refractivity contribution in [3.8, 4) is 6.07 Å². The Bertz CT molecular complexity index is 256. The number of hydrogen-bond acceptors (Lipinski definition) is 3. The van der Waals surface area contributed by atoms with Gasteiger partial charge in [-0.15, -0.1) is 0 Å². The van der Waals surface area contributed by atoms with Crippen molar-refractivity contribution >= 4 is 17.3 Å². The third-order valence-corrected chi connectivity index (χ3v) is 1.47. The standard InChI is InChI=1S/C9H11NOS/c1-4-5-11-9(12)8(6-10)7(2)3/h4H,1,5H2,2-3H3. The van der Waals surface area contributed by atoms with Gasteiger partial charge in [-0.3, -0.25) is 0 Å². The van der Waals surface area contributed by atoms with Crippen molar-refractivity contribution in [1.82, 2.24) is 0 Å². The zero-order chi connectivity index (χ0) is 9.56. The third-order valence-electron chi connectivity index (χ3n) is 1.15. The van der Waals surface area contributed by atoms with Gasteiger partial charge in [0.25, 0.3) is 0 Å². The van der Waals surface area contributed by atoms with Gasteiger partial charge >= 0.3 is 0 Å². The van der Waals surface area contributed by atoms with E-state index in [1.54, 1.807) is 6.08 Å². The Morgan fingerprint density at radius 1 is 1.67 bits per heavy atom. The maximum absolute atomic E-state index is 8.66. The molecule has 0 unspecified atom stereocenters. The van der Waals surface area contributed by atoms with Crippen LogP contribution in [0.4, 0.5) is 0 Å². The van der Waals surface area contributed by atoms with Crippen LogP contribution in [0.2, 0.25) is 0 Å². The van der Waals surface area contributed by atoms with Gasteiger partial charge in [0.1, 0.15) is 18.2 Å². The zero-order valence-electron chi connectivity index (χ0n) is 7.26. The Morgan fingerprint density at radius 3 is 2.58 bits per heavy atom. The van der Waals surface area contributed by atoms with Gasteiger partial charge in [-0.25, -0.2) is 0 Å². The molecule has 0 saturated carbocycles. The van der Waals surface area contributed by atoms with E-state index in [2.05, 4.69) is 6.58 Å². The summed E-state index contributed by atoms with van der Waals surface area (Å²) in [5, 5.41) is 8.91. The molecule has 0 spiro atoms. The minimum Gasteiger partial charge on any atom is -0.478 e. The molecule has 0 saturated heterocycles. The van der Waals surface area contributed by atoms with Crippen LogP contribution < -0.4 is 0 Å². The molecule has 0 aromatic heterocycles. The highest BCUT2D eigenvalue weighted by Crippen LogP contribution is 2.05. The van der Waals surface area contributed by atoms with Gasteiger partial charge in [0.05, 0.1) is 0 Å². The van der Waals surface area contributed by atoms with Crippen LogP contribution in [0.5, 0.6) is 0 Å². The SMILES string of the molecule is C=CCOC(=S)C(C#N)=C(C)C. The van der Waals surface area contributed by atoms with Crippen LogP contribution in [-0.4, -0.2) is 11.7 Å². The fourth-order valence-corrected chi connectivity index (χ4v) is 0.886. The average Bonchev–Trinajstić information content (AvgIpc) is 2.01. The molecule has 0 N–H and O–H groups in total. The molecular formula is C9H11NOS. The number of nitriles is 1. The molecule has 0 aromatic carbocycles. The van der Waals surface area contributed by atoms with Gasteiger partial charge in [-0.1, -0.05) is 18.2 Å². The van der Waals surface area contributed by atoms with Crippen molar-refractivity contribution in [1.29, 1.82) is 5.26 Å². The Morgan fingerprint density at radius 2 is 2.25 bits per heavy atom. The molecule has 0 aromatic rings. The molecule has 0 amide bonds. The van der Waals surface area contributed by atoms with Gasteiger partial charge < -0.3 is 4.74 Å². The Labute approximate surface area is 78.1 Å². The Hall–Kier alpha value is -1.14.